The summed E-state index contributed by atoms with van der Waals surface area (Å²) in [6.07, 6.45) is 2.34. The molecule has 1 aliphatic heterocycles. The summed E-state index contributed by atoms with van der Waals surface area (Å²) >= 11 is 3.48. The Morgan fingerprint density at radius 3 is 2.88 bits per heavy atom. The molecule has 1 atom stereocenters. The highest BCUT2D eigenvalue weighted by Crippen LogP contribution is 2.39. The van der Waals surface area contributed by atoms with Crippen LogP contribution in [0.2, 0.25) is 0 Å². The number of rotatable bonds is 6. The first-order valence-electron chi connectivity index (χ1n) is 8.72. The minimum absolute atomic E-state index is 0.364. The third-order valence-corrected chi connectivity index (χ3v) is 6.74. The smallest absolute Gasteiger partial charge is 0.133 e. The fraction of sp³-hybridized carbons (Fsp3) is 0.350. The maximum atomic E-state index is 5.63. The molecule has 2 aromatic heterocycles. The Balaban J connectivity index is 1.54. The molecule has 1 aliphatic rings. The summed E-state index contributed by atoms with van der Waals surface area (Å²) in [5.41, 5.74) is 2.39. The number of nitrogens with zero attached hydrogens (tertiary/aromatic N) is 2. The Hall–Kier alpha value is -1.89. The molecule has 0 radical (unpaired) electrons. The first-order valence-corrected chi connectivity index (χ1v) is 10.5. The molecule has 3 aromatic rings. The van der Waals surface area contributed by atoms with Crippen LogP contribution in [0.4, 0.5) is 0 Å². The molecule has 4 rings (SSSR count). The van der Waals surface area contributed by atoms with E-state index in [9.17, 15) is 0 Å². The van der Waals surface area contributed by atoms with Crippen LogP contribution in [-0.4, -0.2) is 30.6 Å². The van der Waals surface area contributed by atoms with Gasteiger partial charge in [0.05, 0.1) is 24.8 Å². The highest BCUT2D eigenvalue weighted by Gasteiger charge is 2.29. The number of ether oxygens (including phenoxy) is 2. The van der Waals surface area contributed by atoms with Crippen molar-refractivity contribution in [2.45, 2.75) is 25.4 Å². The molecule has 0 spiro atoms. The molecular formula is C20H22N2O2S2. The lowest BCUT2D eigenvalue weighted by atomic mass is 10.0. The van der Waals surface area contributed by atoms with E-state index in [1.807, 2.05) is 12.1 Å². The van der Waals surface area contributed by atoms with Crippen molar-refractivity contribution < 1.29 is 9.47 Å². The average Bonchev–Trinajstić information content (AvgIpc) is 3.43. The van der Waals surface area contributed by atoms with Gasteiger partial charge in [0.1, 0.15) is 16.5 Å². The van der Waals surface area contributed by atoms with Crippen LogP contribution in [-0.2, 0) is 6.54 Å². The number of thiophene rings is 1. The fourth-order valence-electron chi connectivity index (χ4n) is 3.56. The molecular weight excluding hydrogens is 364 g/mol. The van der Waals surface area contributed by atoms with E-state index >= 15 is 0 Å². The second-order valence-corrected chi connectivity index (χ2v) is 8.16. The molecule has 3 heterocycles. The Morgan fingerprint density at radius 1 is 1.19 bits per heavy atom. The van der Waals surface area contributed by atoms with Gasteiger partial charge in [0.25, 0.3) is 0 Å². The number of hydrogen-bond donors (Lipinski definition) is 0. The van der Waals surface area contributed by atoms with E-state index in [4.69, 9.17) is 14.5 Å². The number of methoxy groups -OCH3 is 2. The van der Waals surface area contributed by atoms with Gasteiger partial charge in [0.2, 0.25) is 0 Å². The minimum Gasteiger partial charge on any atom is -0.497 e. The second kappa shape index (κ2) is 7.78. The van der Waals surface area contributed by atoms with Crippen molar-refractivity contribution in [3.8, 4) is 21.4 Å². The topological polar surface area (TPSA) is 34.6 Å². The quantitative estimate of drug-likeness (QED) is 0.581. The number of thiazole rings is 1. The molecule has 1 saturated heterocycles. The highest BCUT2D eigenvalue weighted by molar-refractivity contribution is 7.20. The average molecular weight is 387 g/mol. The fourth-order valence-corrected chi connectivity index (χ4v) is 5.19. The highest BCUT2D eigenvalue weighted by atomic mass is 32.1. The van der Waals surface area contributed by atoms with E-state index in [1.165, 1.54) is 16.9 Å². The molecule has 0 aliphatic carbocycles. The lowest BCUT2D eigenvalue weighted by molar-refractivity contribution is 0.240. The molecule has 4 nitrogen and oxygen atoms in total. The molecule has 0 amide bonds. The molecule has 26 heavy (non-hydrogen) atoms. The molecule has 136 valence electrons. The Morgan fingerprint density at radius 2 is 2.12 bits per heavy atom. The normalized spacial score (nSPS) is 17.5. The molecule has 1 aromatic carbocycles. The van der Waals surface area contributed by atoms with Gasteiger partial charge in [-0.25, -0.2) is 4.98 Å². The summed E-state index contributed by atoms with van der Waals surface area (Å²) in [6.45, 7) is 1.97. The lowest BCUT2D eigenvalue weighted by Crippen LogP contribution is -2.23. The van der Waals surface area contributed by atoms with Crippen LogP contribution in [0.25, 0.3) is 9.88 Å². The van der Waals surface area contributed by atoms with Gasteiger partial charge in [0.15, 0.2) is 0 Å². The van der Waals surface area contributed by atoms with E-state index in [0.29, 0.717) is 6.04 Å². The monoisotopic (exact) mass is 386 g/mol. The summed E-state index contributed by atoms with van der Waals surface area (Å²) in [5.74, 6) is 1.73. The SMILES string of the molecule is COc1ccc(C2CCCN2Cc2csc(-c3cccs3)n2)c(OC)c1. The van der Waals surface area contributed by atoms with Gasteiger partial charge in [-0.1, -0.05) is 12.1 Å². The lowest BCUT2D eigenvalue weighted by Gasteiger charge is -2.25. The Labute approximate surface area is 162 Å². The molecule has 0 bridgehead atoms. The van der Waals surface area contributed by atoms with Crippen molar-refractivity contribution in [3.63, 3.8) is 0 Å². The van der Waals surface area contributed by atoms with Crippen molar-refractivity contribution in [1.29, 1.82) is 0 Å². The number of aromatic nitrogens is 1. The van der Waals surface area contributed by atoms with Gasteiger partial charge in [-0.05, 0) is 36.9 Å². The van der Waals surface area contributed by atoms with E-state index in [1.54, 1.807) is 36.9 Å². The van der Waals surface area contributed by atoms with Crippen molar-refractivity contribution in [1.82, 2.24) is 9.88 Å². The first-order chi connectivity index (χ1) is 12.8. The summed E-state index contributed by atoms with van der Waals surface area (Å²) in [6, 6.07) is 10.7. The van der Waals surface area contributed by atoms with Crippen molar-refractivity contribution in [2.75, 3.05) is 20.8 Å². The molecule has 0 N–H and O–H groups in total. The van der Waals surface area contributed by atoms with Gasteiger partial charge in [0, 0.05) is 29.6 Å². The van der Waals surface area contributed by atoms with Crippen LogP contribution < -0.4 is 9.47 Å². The zero-order chi connectivity index (χ0) is 17.9. The Kier molecular flexibility index (Phi) is 5.24. The summed E-state index contributed by atoms with van der Waals surface area (Å²) in [5, 5.41) is 5.41. The molecule has 1 unspecified atom stereocenters. The molecule has 6 heteroatoms. The predicted molar refractivity (Wildman–Crippen MR) is 107 cm³/mol. The van der Waals surface area contributed by atoms with Crippen LogP contribution in [0, 0.1) is 0 Å². The summed E-state index contributed by atoms with van der Waals surface area (Å²) in [7, 11) is 3.41. The molecule has 0 saturated carbocycles. The minimum atomic E-state index is 0.364. The van der Waals surface area contributed by atoms with E-state index in [-0.39, 0.29) is 0 Å². The van der Waals surface area contributed by atoms with Crippen molar-refractivity contribution >= 4 is 22.7 Å². The number of likely N-dealkylation sites (tertiary alicyclic amines) is 1. The summed E-state index contributed by atoms with van der Waals surface area (Å²) in [4.78, 5) is 8.61. The largest absolute Gasteiger partial charge is 0.497 e. The van der Waals surface area contributed by atoms with Crippen LogP contribution in [0.15, 0.2) is 41.1 Å². The van der Waals surface area contributed by atoms with Crippen LogP contribution in [0.5, 0.6) is 11.5 Å². The second-order valence-electron chi connectivity index (χ2n) is 6.36. The van der Waals surface area contributed by atoms with Gasteiger partial charge in [-0.15, -0.1) is 22.7 Å². The third-order valence-electron chi connectivity index (χ3n) is 4.81. The zero-order valence-electron chi connectivity index (χ0n) is 15.0. The maximum Gasteiger partial charge on any atom is 0.133 e. The Bertz CT molecular complexity index is 861. The van der Waals surface area contributed by atoms with Crippen LogP contribution >= 0.6 is 22.7 Å². The van der Waals surface area contributed by atoms with Crippen LogP contribution in [0.1, 0.15) is 30.1 Å². The van der Waals surface area contributed by atoms with Gasteiger partial charge >= 0.3 is 0 Å². The van der Waals surface area contributed by atoms with Gasteiger partial charge < -0.3 is 9.47 Å². The van der Waals surface area contributed by atoms with E-state index < -0.39 is 0 Å². The van der Waals surface area contributed by atoms with Crippen molar-refractivity contribution in [2.24, 2.45) is 0 Å². The van der Waals surface area contributed by atoms with Crippen LogP contribution in [0.3, 0.4) is 0 Å². The standard InChI is InChI=1S/C20H22N2O2S2/c1-23-15-7-8-16(18(11-15)24-2)17-5-3-9-22(17)12-14-13-26-20(21-14)19-6-4-10-25-19/h4,6-8,10-11,13,17H,3,5,9,12H2,1-2H3. The van der Waals surface area contributed by atoms with E-state index in [2.05, 4.69) is 33.9 Å². The number of hydrogen-bond acceptors (Lipinski definition) is 6. The van der Waals surface area contributed by atoms with Crippen molar-refractivity contribution in [3.05, 3.63) is 52.3 Å². The number of benzene rings is 1. The zero-order valence-corrected chi connectivity index (χ0v) is 16.6. The van der Waals surface area contributed by atoms with Gasteiger partial charge in [-0.3, -0.25) is 4.90 Å². The first kappa shape index (κ1) is 17.5. The predicted octanol–water partition coefficient (Wildman–Crippen LogP) is 5.23. The summed E-state index contributed by atoms with van der Waals surface area (Å²) < 4.78 is 11.0. The molecule has 1 fully saturated rings. The van der Waals surface area contributed by atoms with E-state index in [0.717, 1.165) is 41.7 Å². The maximum absolute atomic E-state index is 5.63. The third kappa shape index (κ3) is 3.49. The van der Waals surface area contributed by atoms with Gasteiger partial charge in [-0.2, -0.15) is 0 Å².